The summed E-state index contributed by atoms with van der Waals surface area (Å²) in [5.41, 5.74) is 3.38. The lowest BCUT2D eigenvalue weighted by atomic mass is 10.0. The molecule has 2 heterocycles. The van der Waals surface area contributed by atoms with Gasteiger partial charge in [0.15, 0.2) is 0 Å². The fourth-order valence-corrected chi connectivity index (χ4v) is 3.82. The molecule has 1 N–H and O–H groups in total. The number of hydrogen-bond donors (Lipinski definition) is 1. The van der Waals surface area contributed by atoms with Crippen molar-refractivity contribution in [3.63, 3.8) is 0 Å². The van der Waals surface area contributed by atoms with Crippen molar-refractivity contribution in [3.05, 3.63) is 22.2 Å². The van der Waals surface area contributed by atoms with Gasteiger partial charge in [-0.05, 0) is 47.5 Å². The van der Waals surface area contributed by atoms with E-state index in [0.717, 1.165) is 29.8 Å². The fourth-order valence-electron chi connectivity index (χ4n) is 3.02. The third-order valence-electron chi connectivity index (χ3n) is 3.88. The van der Waals surface area contributed by atoms with Gasteiger partial charge in [0, 0.05) is 30.7 Å². The van der Waals surface area contributed by atoms with E-state index in [2.05, 4.69) is 45.2 Å². The summed E-state index contributed by atoms with van der Waals surface area (Å²) in [4.78, 5) is 16.7. The zero-order chi connectivity index (χ0) is 13.6. The van der Waals surface area contributed by atoms with E-state index in [1.54, 1.807) is 0 Å². The van der Waals surface area contributed by atoms with Gasteiger partial charge in [0.05, 0.1) is 11.4 Å². The van der Waals surface area contributed by atoms with Crippen LogP contribution in [-0.2, 0) is 4.79 Å². The Hall–Kier alpha value is -1.07. The van der Waals surface area contributed by atoms with Crippen LogP contribution in [0.2, 0.25) is 0 Å². The number of carbonyl (C=O) groups is 1. The first-order valence-electron chi connectivity index (χ1n) is 6.72. The minimum atomic E-state index is -0.0693. The average Bonchev–Trinajstić information content (AvgIpc) is 2.38. The summed E-state index contributed by atoms with van der Waals surface area (Å²) in [6, 6.07) is 4.17. The molecule has 0 aliphatic carbocycles. The summed E-state index contributed by atoms with van der Waals surface area (Å²) < 4.78 is 1.08. The van der Waals surface area contributed by atoms with Crippen LogP contribution in [0.1, 0.15) is 12.5 Å². The number of nitrogens with zero attached hydrogens (tertiary/aromatic N) is 2. The molecule has 3 rings (SSSR count). The zero-order valence-electron chi connectivity index (χ0n) is 11.2. The van der Waals surface area contributed by atoms with Gasteiger partial charge in [0.2, 0.25) is 0 Å². The number of fused-ring (bicyclic) bond motifs is 3. The molecular weight excluding hydrogens is 306 g/mol. The highest BCUT2D eigenvalue weighted by Gasteiger charge is 2.39. The topological polar surface area (TPSA) is 35.6 Å². The first-order valence-corrected chi connectivity index (χ1v) is 7.51. The molecule has 0 bridgehead atoms. The van der Waals surface area contributed by atoms with E-state index in [0.29, 0.717) is 6.54 Å². The van der Waals surface area contributed by atoms with Crippen molar-refractivity contribution in [2.75, 3.05) is 36.0 Å². The van der Waals surface area contributed by atoms with E-state index in [1.807, 2.05) is 11.8 Å². The average molecular weight is 324 g/mol. The predicted molar refractivity (Wildman–Crippen MR) is 80.9 cm³/mol. The molecule has 19 heavy (non-hydrogen) atoms. The minimum absolute atomic E-state index is 0.0693. The van der Waals surface area contributed by atoms with Crippen LogP contribution in [0, 0.1) is 6.92 Å². The molecule has 0 radical (unpaired) electrons. The summed E-state index contributed by atoms with van der Waals surface area (Å²) in [6.45, 7) is 7.34. The fraction of sp³-hybridized carbons (Fsp3) is 0.500. The van der Waals surface area contributed by atoms with E-state index in [-0.39, 0.29) is 11.9 Å². The maximum atomic E-state index is 12.6. The summed E-state index contributed by atoms with van der Waals surface area (Å²) in [5, 5.41) is 3.32. The summed E-state index contributed by atoms with van der Waals surface area (Å²) in [6.07, 6.45) is 0. The van der Waals surface area contributed by atoms with Crippen LogP contribution < -0.4 is 15.1 Å². The molecule has 1 amide bonds. The molecule has 2 aliphatic rings. The second-order valence-corrected chi connectivity index (χ2v) is 5.96. The van der Waals surface area contributed by atoms with Gasteiger partial charge in [-0.2, -0.15) is 0 Å². The third-order valence-corrected chi connectivity index (χ3v) is 4.48. The number of anilines is 2. The number of amides is 1. The van der Waals surface area contributed by atoms with Crippen molar-refractivity contribution >= 4 is 33.2 Å². The smallest absolute Gasteiger partial charge is 0.251 e. The number of benzene rings is 1. The Morgan fingerprint density at radius 1 is 1.47 bits per heavy atom. The van der Waals surface area contributed by atoms with Crippen LogP contribution in [0.25, 0.3) is 0 Å². The number of likely N-dealkylation sites (N-methyl/N-ethyl adjacent to an activating group) is 1. The SMILES string of the molecule is CCN1C(=O)C2CNCCN2c2c(Br)cc(C)cc21. The zero-order valence-corrected chi connectivity index (χ0v) is 12.8. The maximum Gasteiger partial charge on any atom is 0.251 e. The minimum Gasteiger partial charge on any atom is -0.355 e. The van der Waals surface area contributed by atoms with E-state index in [9.17, 15) is 4.79 Å². The standard InChI is InChI=1S/C14H18BrN3O/c1-3-17-11-7-9(2)6-10(15)13(11)18-5-4-16-8-12(18)14(17)19/h6-7,12,16H,3-5,8H2,1-2H3. The molecule has 0 spiro atoms. The molecule has 1 saturated heterocycles. The van der Waals surface area contributed by atoms with Gasteiger partial charge in [0.1, 0.15) is 6.04 Å². The van der Waals surface area contributed by atoms with Gasteiger partial charge in [-0.25, -0.2) is 0 Å². The Kier molecular flexibility index (Phi) is 3.27. The van der Waals surface area contributed by atoms with Crippen LogP contribution in [0.15, 0.2) is 16.6 Å². The van der Waals surface area contributed by atoms with Crippen molar-refractivity contribution in [3.8, 4) is 0 Å². The normalized spacial score (nSPS) is 22.3. The molecule has 1 unspecified atom stereocenters. The van der Waals surface area contributed by atoms with Crippen LogP contribution in [0.5, 0.6) is 0 Å². The maximum absolute atomic E-state index is 12.6. The molecule has 102 valence electrons. The number of piperazine rings is 1. The Morgan fingerprint density at radius 3 is 3.00 bits per heavy atom. The van der Waals surface area contributed by atoms with Crippen molar-refractivity contribution in [2.45, 2.75) is 19.9 Å². The largest absolute Gasteiger partial charge is 0.355 e. The number of aryl methyl sites for hydroxylation is 1. The number of hydrogen-bond acceptors (Lipinski definition) is 3. The van der Waals surface area contributed by atoms with Crippen LogP contribution >= 0.6 is 15.9 Å². The van der Waals surface area contributed by atoms with Gasteiger partial charge < -0.3 is 15.1 Å². The first kappa shape index (κ1) is 12.9. The van der Waals surface area contributed by atoms with E-state index in [4.69, 9.17) is 0 Å². The van der Waals surface area contributed by atoms with Gasteiger partial charge in [-0.1, -0.05) is 0 Å². The first-order chi connectivity index (χ1) is 9.13. The number of carbonyl (C=O) groups excluding carboxylic acids is 1. The van der Waals surface area contributed by atoms with Gasteiger partial charge in [0.25, 0.3) is 5.91 Å². The van der Waals surface area contributed by atoms with Crippen LogP contribution in [-0.4, -0.2) is 38.1 Å². The molecule has 0 aromatic heterocycles. The van der Waals surface area contributed by atoms with E-state index < -0.39 is 0 Å². The van der Waals surface area contributed by atoms with Crippen molar-refractivity contribution in [1.29, 1.82) is 0 Å². The molecule has 1 atom stereocenters. The third kappa shape index (κ3) is 1.96. The van der Waals surface area contributed by atoms with Crippen LogP contribution in [0.3, 0.4) is 0 Å². The summed E-state index contributed by atoms with van der Waals surface area (Å²) in [5.74, 6) is 0.208. The molecule has 1 fully saturated rings. The number of nitrogens with one attached hydrogen (secondary N) is 1. The quantitative estimate of drug-likeness (QED) is 0.857. The van der Waals surface area contributed by atoms with Crippen molar-refractivity contribution in [2.24, 2.45) is 0 Å². The second-order valence-electron chi connectivity index (χ2n) is 5.11. The lowest BCUT2D eigenvalue weighted by Crippen LogP contribution is -2.62. The predicted octanol–water partition coefficient (Wildman–Crippen LogP) is 1.90. The molecule has 1 aromatic rings. The molecule has 4 nitrogen and oxygen atoms in total. The van der Waals surface area contributed by atoms with Gasteiger partial charge in [-0.3, -0.25) is 4.79 Å². The van der Waals surface area contributed by atoms with Gasteiger partial charge in [-0.15, -0.1) is 0 Å². The van der Waals surface area contributed by atoms with Crippen molar-refractivity contribution in [1.82, 2.24) is 5.32 Å². The molecule has 1 aromatic carbocycles. The van der Waals surface area contributed by atoms with Crippen molar-refractivity contribution < 1.29 is 4.79 Å². The Balaban J connectivity index is 2.19. The Morgan fingerprint density at radius 2 is 2.26 bits per heavy atom. The lowest BCUT2D eigenvalue weighted by molar-refractivity contribution is -0.120. The highest BCUT2D eigenvalue weighted by atomic mass is 79.9. The van der Waals surface area contributed by atoms with Gasteiger partial charge >= 0.3 is 0 Å². The monoisotopic (exact) mass is 323 g/mol. The molecule has 2 aliphatic heterocycles. The molecular formula is C14H18BrN3O. The lowest BCUT2D eigenvalue weighted by Gasteiger charge is -2.45. The van der Waals surface area contributed by atoms with E-state index in [1.165, 1.54) is 11.3 Å². The van der Waals surface area contributed by atoms with Crippen LogP contribution in [0.4, 0.5) is 11.4 Å². The summed E-state index contributed by atoms with van der Waals surface area (Å²) in [7, 11) is 0. The summed E-state index contributed by atoms with van der Waals surface area (Å²) >= 11 is 3.67. The Labute approximate surface area is 121 Å². The number of halogens is 1. The molecule has 5 heteroatoms. The van der Waals surface area contributed by atoms with E-state index >= 15 is 0 Å². The molecule has 0 saturated carbocycles. The second kappa shape index (κ2) is 4.80. The Bertz CT molecular complexity index is 532. The number of rotatable bonds is 1. The highest BCUT2D eigenvalue weighted by molar-refractivity contribution is 9.10. The highest BCUT2D eigenvalue weighted by Crippen LogP contribution is 2.42.